The molecule has 1 aromatic rings. The first-order chi connectivity index (χ1) is 17.3. The minimum absolute atomic E-state index is 0.133. The number of ether oxygens (including phenoxy) is 1. The number of carbonyl (C=O) groups excluding carboxylic acids is 3. The van der Waals surface area contributed by atoms with Gasteiger partial charge in [-0.1, -0.05) is 51.3 Å². The molecule has 2 bridgehead atoms. The summed E-state index contributed by atoms with van der Waals surface area (Å²) in [6.45, 7) is 4.69. The quantitative estimate of drug-likeness (QED) is 0.407. The van der Waals surface area contributed by atoms with Crippen molar-refractivity contribution in [3.8, 4) is 0 Å². The molecule has 3 heterocycles. The number of fused-ring (bicyclic) bond motifs is 1. The SMILES string of the molecule is CSc1cccc(NC(=O)C2C3C=CC4(O3)C2C(=O)N(CCC(C)C)C4C(=O)NC2CCCCC2)c1. The first-order valence-corrected chi connectivity index (χ1v) is 14.5. The fourth-order valence-corrected chi connectivity index (χ4v) is 6.82. The van der Waals surface area contributed by atoms with Gasteiger partial charge in [-0.3, -0.25) is 14.4 Å². The molecule has 5 atom stereocenters. The van der Waals surface area contributed by atoms with E-state index in [0.29, 0.717) is 18.2 Å². The largest absolute Gasteiger partial charge is 0.359 e. The Balaban J connectivity index is 1.42. The van der Waals surface area contributed by atoms with Crippen LogP contribution in [0.15, 0.2) is 41.3 Å². The smallest absolute Gasteiger partial charge is 0.246 e. The maximum absolute atomic E-state index is 13.9. The van der Waals surface area contributed by atoms with E-state index in [2.05, 4.69) is 24.5 Å². The van der Waals surface area contributed by atoms with Gasteiger partial charge in [0.1, 0.15) is 11.6 Å². The molecule has 2 saturated heterocycles. The highest BCUT2D eigenvalue weighted by Gasteiger charge is 2.72. The average molecular weight is 512 g/mol. The summed E-state index contributed by atoms with van der Waals surface area (Å²) in [7, 11) is 0. The lowest BCUT2D eigenvalue weighted by molar-refractivity contribution is -0.141. The number of rotatable bonds is 8. The third-order valence-corrected chi connectivity index (χ3v) is 8.89. The van der Waals surface area contributed by atoms with E-state index in [9.17, 15) is 14.4 Å². The van der Waals surface area contributed by atoms with Gasteiger partial charge in [0.15, 0.2) is 0 Å². The van der Waals surface area contributed by atoms with Crippen molar-refractivity contribution in [2.75, 3.05) is 18.1 Å². The summed E-state index contributed by atoms with van der Waals surface area (Å²) < 4.78 is 6.43. The van der Waals surface area contributed by atoms with E-state index in [1.165, 1.54) is 6.42 Å². The lowest BCUT2D eigenvalue weighted by Gasteiger charge is -2.34. The predicted octanol–water partition coefficient (Wildman–Crippen LogP) is 3.99. The van der Waals surface area contributed by atoms with E-state index in [4.69, 9.17) is 4.74 Å². The van der Waals surface area contributed by atoms with Crippen molar-refractivity contribution >= 4 is 35.2 Å². The van der Waals surface area contributed by atoms with Crippen LogP contribution in [-0.2, 0) is 19.1 Å². The number of hydrogen-bond donors (Lipinski definition) is 2. The zero-order valence-corrected chi connectivity index (χ0v) is 22.2. The minimum Gasteiger partial charge on any atom is -0.359 e. The summed E-state index contributed by atoms with van der Waals surface area (Å²) >= 11 is 1.60. The monoisotopic (exact) mass is 511 g/mol. The normalized spacial score (nSPS) is 31.2. The highest BCUT2D eigenvalue weighted by molar-refractivity contribution is 7.98. The number of carbonyl (C=O) groups is 3. The van der Waals surface area contributed by atoms with Gasteiger partial charge in [-0.2, -0.15) is 0 Å². The number of nitrogens with one attached hydrogen (secondary N) is 2. The molecule has 7 nitrogen and oxygen atoms in total. The summed E-state index contributed by atoms with van der Waals surface area (Å²) in [6, 6.07) is 7.04. The number of thioether (sulfide) groups is 1. The minimum atomic E-state index is -1.10. The van der Waals surface area contributed by atoms with Crippen molar-refractivity contribution in [2.24, 2.45) is 17.8 Å². The number of hydrogen-bond acceptors (Lipinski definition) is 5. The molecule has 36 heavy (non-hydrogen) atoms. The van der Waals surface area contributed by atoms with Crippen LogP contribution in [-0.4, -0.2) is 59.2 Å². The van der Waals surface area contributed by atoms with Crippen LogP contribution in [0.4, 0.5) is 5.69 Å². The summed E-state index contributed by atoms with van der Waals surface area (Å²) in [5.74, 6) is -1.53. The van der Waals surface area contributed by atoms with Gasteiger partial charge in [0.25, 0.3) is 0 Å². The van der Waals surface area contributed by atoms with Gasteiger partial charge in [0.2, 0.25) is 17.7 Å². The Hall–Kier alpha value is -2.32. The molecule has 2 N–H and O–H groups in total. The highest BCUT2D eigenvalue weighted by Crippen LogP contribution is 2.55. The third-order valence-electron chi connectivity index (χ3n) is 8.16. The Morgan fingerprint density at radius 1 is 1.19 bits per heavy atom. The van der Waals surface area contributed by atoms with Gasteiger partial charge in [0.05, 0.1) is 17.9 Å². The van der Waals surface area contributed by atoms with Gasteiger partial charge in [-0.05, 0) is 49.6 Å². The highest BCUT2D eigenvalue weighted by atomic mass is 32.2. The number of likely N-dealkylation sites (tertiary alicyclic amines) is 1. The van der Waals surface area contributed by atoms with Crippen LogP contribution in [0.1, 0.15) is 52.4 Å². The maximum Gasteiger partial charge on any atom is 0.246 e. The molecule has 1 aliphatic carbocycles. The van der Waals surface area contributed by atoms with Crippen LogP contribution < -0.4 is 10.6 Å². The third kappa shape index (κ3) is 4.47. The summed E-state index contributed by atoms with van der Waals surface area (Å²) in [5, 5.41) is 6.25. The number of anilines is 1. The molecule has 194 valence electrons. The first kappa shape index (κ1) is 25.3. The van der Waals surface area contributed by atoms with Crippen molar-refractivity contribution in [1.82, 2.24) is 10.2 Å². The van der Waals surface area contributed by atoms with Gasteiger partial charge >= 0.3 is 0 Å². The molecule has 5 unspecified atom stereocenters. The van der Waals surface area contributed by atoms with Crippen LogP contribution in [0.2, 0.25) is 0 Å². The second-order valence-corrected chi connectivity index (χ2v) is 11.9. The standard InChI is InChI=1S/C28H37N3O4S/c1-17(2)13-15-31-24(26(33)29-18-8-5-4-6-9-18)28-14-12-21(35-28)22(23(28)27(31)34)25(32)30-19-10-7-11-20(16-19)36-3/h7,10-12,14,16-18,21-24H,4-6,8-9,13,15H2,1-3H3,(H,29,33)(H,30,32). The average Bonchev–Trinajstić information content (AvgIpc) is 3.50. The second kappa shape index (κ2) is 10.2. The molecule has 3 aliphatic heterocycles. The van der Waals surface area contributed by atoms with Crippen LogP contribution in [0, 0.1) is 17.8 Å². The molecule has 1 aromatic carbocycles. The molecule has 5 rings (SSSR count). The molecule has 1 spiro atoms. The molecule has 4 aliphatic rings. The molecule has 3 fully saturated rings. The van der Waals surface area contributed by atoms with E-state index in [1.807, 2.05) is 42.7 Å². The Labute approximate surface area is 217 Å². The zero-order valence-electron chi connectivity index (χ0n) is 21.4. The fraction of sp³-hybridized carbons (Fsp3) is 0.607. The van der Waals surface area contributed by atoms with Crippen LogP contribution in [0.25, 0.3) is 0 Å². The second-order valence-electron chi connectivity index (χ2n) is 11.0. The Morgan fingerprint density at radius 2 is 1.97 bits per heavy atom. The Kier molecular flexibility index (Phi) is 7.18. The summed E-state index contributed by atoms with van der Waals surface area (Å²) in [6.07, 6.45) is 11.4. The van der Waals surface area contributed by atoms with E-state index in [1.54, 1.807) is 16.7 Å². The lowest BCUT2D eigenvalue weighted by atomic mass is 9.74. The maximum atomic E-state index is 13.9. The summed E-state index contributed by atoms with van der Waals surface area (Å²) in [5.41, 5.74) is -0.401. The van der Waals surface area contributed by atoms with Crippen molar-refractivity contribution in [1.29, 1.82) is 0 Å². The van der Waals surface area contributed by atoms with Gasteiger partial charge < -0.3 is 20.3 Å². The van der Waals surface area contributed by atoms with E-state index in [-0.39, 0.29) is 23.8 Å². The Morgan fingerprint density at radius 3 is 2.69 bits per heavy atom. The van der Waals surface area contributed by atoms with E-state index in [0.717, 1.165) is 37.0 Å². The number of amides is 3. The Bertz CT molecular complexity index is 1050. The lowest BCUT2D eigenvalue weighted by Crippen LogP contribution is -2.56. The van der Waals surface area contributed by atoms with Gasteiger partial charge in [0, 0.05) is 23.2 Å². The van der Waals surface area contributed by atoms with Gasteiger partial charge in [-0.15, -0.1) is 11.8 Å². The number of benzene rings is 1. The van der Waals surface area contributed by atoms with Crippen LogP contribution in [0.5, 0.6) is 0 Å². The molecular weight excluding hydrogens is 474 g/mol. The van der Waals surface area contributed by atoms with E-state index >= 15 is 0 Å². The topological polar surface area (TPSA) is 87.7 Å². The van der Waals surface area contributed by atoms with Gasteiger partial charge in [-0.25, -0.2) is 0 Å². The number of nitrogens with zero attached hydrogens (tertiary/aromatic N) is 1. The molecular formula is C28H37N3O4S. The zero-order chi connectivity index (χ0) is 25.4. The fourth-order valence-electron chi connectivity index (χ4n) is 6.36. The molecule has 3 amide bonds. The van der Waals surface area contributed by atoms with Crippen molar-refractivity contribution < 1.29 is 19.1 Å². The molecule has 8 heteroatoms. The van der Waals surface area contributed by atoms with Crippen molar-refractivity contribution in [3.05, 3.63) is 36.4 Å². The first-order valence-electron chi connectivity index (χ1n) is 13.3. The summed E-state index contributed by atoms with van der Waals surface area (Å²) in [4.78, 5) is 44.0. The van der Waals surface area contributed by atoms with Crippen LogP contribution in [0.3, 0.4) is 0 Å². The van der Waals surface area contributed by atoms with Crippen molar-refractivity contribution in [3.63, 3.8) is 0 Å². The molecule has 1 saturated carbocycles. The predicted molar refractivity (Wildman–Crippen MR) is 141 cm³/mol. The van der Waals surface area contributed by atoms with Crippen molar-refractivity contribution in [2.45, 2.75) is 81.1 Å². The van der Waals surface area contributed by atoms with E-state index < -0.39 is 29.6 Å². The molecule has 0 radical (unpaired) electrons. The molecule has 0 aromatic heterocycles. The van der Waals surface area contributed by atoms with Crippen LogP contribution >= 0.6 is 11.8 Å².